The highest BCUT2D eigenvalue weighted by molar-refractivity contribution is 6.02. The van der Waals surface area contributed by atoms with E-state index in [1.54, 1.807) is 12.1 Å². The van der Waals surface area contributed by atoms with Gasteiger partial charge in [0.15, 0.2) is 0 Å². The zero-order valence-electron chi connectivity index (χ0n) is 13.4. The van der Waals surface area contributed by atoms with E-state index in [2.05, 4.69) is 22.2 Å². The number of anilines is 2. The first-order chi connectivity index (χ1) is 11.0. The van der Waals surface area contributed by atoms with Crippen LogP contribution in [0.15, 0.2) is 18.2 Å². The number of likely N-dealkylation sites (N-methyl/N-ethyl adjacent to an activating group) is 1. The van der Waals surface area contributed by atoms with Crippen molar-refractivity contribution in [2.45, 2.75) is 19.3 Å². The summed E-state index contributed by atoms with van der Waals surface area (Å²) in [5, 5.41) is 12.2. The van der Waals surface area contributed by atoms with Crippen molar-refractivity contribution in [2.75, 3.05) is 43.4 Å². The second-order valence-electron chi connectivity index (χ2n) is 6.44. The summed E-state index contributed by atoms with van der Waals surface area (Å²) in [6.45, 7) is 3.81. The Morgan fingerprint density at radius 2 is 1.96 bits per heavy atom. The van der Waals surface area contributed by atoms with Crippen LogP contribution >= 0.6 is 0 Å². The van der Waals surface area contributed by atoms with E-state index in [0.717, 1.165) is 51.1 Å². The molecule has 1 aromatic rings. The summed E-state index contributed by atoms with van der Waals surface area (Å²) in [6, 6.07) is 5.30. The number of hydrogen-bond acceptors (Lipinski definition) is 4. The molecule has 3 rings (SSSR count). The molecular formula is C17H23N3O3. The summed E-state index contributed by atoms with van der Waals surface area (Å²) < 4.78 is 0. The van der Waals surface area contributed by atoms with Gasteiger partial charge in [0.05, 0.1) is 11.3 Å². The SMILES string of the molecule is CN1CCCN(c2ccc(NC(=O)C3CC3)c(C(=O)O)c2)CC1. The molecule has 1 saturated heterocycles. The smallest absolute Gasteiger partial charge is 0.337 e. The van der Waals surface area contributed by atoms with Crippen molar-refractivity contribution in [3.63, 3.8) is 0 Å². The summed E-state index contributed by atoms with van der Waals surface area (Å²) in [7, 11) is 2.10. The van der Waals surface area contributed by atoms with Gasteiger partial charge >= 0.3 is 5.97 Å². The van der Waals surface area contributed by atoms with Crippen molar-refractivity contribution >= 4 is 23.3 Å². The first-order valence-corrected chi connectivity index (χ1v) is 8.16. The first kappa shape index (κ1) is 15.8. The summed E-state index contributed by atoms with van der Waals surface area (Å²) in [4.78, 5) is 28.0. The molecule has 2 aliphatic rings. The van der Waals surface area contributed by atoms with Crippen LogP contribution in [0.25, 0.3) is 0 Å². The van der Waals surface area contributed by atoms with Crippen molar-refractivity contribution < 1.29 is 14.7 Å². The van der Waals surface area contributed by atoms with Crippen LogP contribution in [0, 0.1) is 5.92 Å². The van der Waals surface area contributed by atoms with Crippen LogP contribution in [0.5, 0.6) is 0 Å². The third-order valence-corrected chi connectivity index (χ3v) is 4.52. The molecule has 2 fully saturated rings. The Bertz CT molecular complexity index is 613. The lowest BCUT2D eigenvalue weighted by molar-refractivity contribution is -0.117. The van der Waals surface area contributed by atoms with Gasteiger partial charge in [-0.3, -0.25) is 4.79 Å². The Labute approximate surface area is 136 Å². The number of carboxylic acids is 1. The van der Waals surface area contributed by atoms with E-state index in [1.807, 2.05) is 6.07 Å². The number of nitrogens with one attached hydrogen (secondary N) is 1. The Balaban J connectivity index is 1.80. The molecule has 0 atom stereocenters. The van der Waals surface area contributed by atoms with E-state index >= 15 is 0 Å². The first-order valence-electron chi connectivity index (χ1n) is 8.16. The molecule has 0 spiro atoms. The van der Waals surface area contributed by atoms with Gasteiger partial charge in [0.25, 0.3) is 0 Å². The van der Waals surface area contributed by atoms with Gasteiger partial charge < -0.3 is 20.2 Å². The lowest BCUT2D eigenvalue weighted by atomic mass is 10.1. The molecule has 1 amide bonds. The van der Waals surface area contributed by atoms with E-state index < -0.39 is 5.97 Å². The van der Waals surface area contributed by atoms with E-state index in [9.17, 15) is 14.7 Å². The summed E-state index contributed by atoms with van der Waals surface area (Å²) >= 11 is 0. The fraction of sp³-hybridized carbons (Fsp3) is 0.529. The summed E-state index contributed by atoms with van der Waals surface area (Å²) in [5.74, 6) is -1.03. The zero-order chi connectivity index (χ0) is 16.4. The van der Waals surface area contributed by atoms with Gasteiger partial charge in [-0.15, -0.1) is 0 Å². The van der Waals surface area contributed by atoms with Gasteiger partial charge in [0.2, 0.25) is 5.91 Å². The fourth-order valence-electron chi connectivity index (χ4n) is 2.90. The second-order valence-corrected chi connectivity index (χ2v) is 6.44. The number of nitrogens with zero attached hydrogens (tertiary/aromatic N) is 2. The minimum absolute atomic E-state index is 0.0532. The van der Waals surface area contributed by atoms with Crippen molar-refractivity contribution in [1.29, 1.82) is 0 Å². The molecule has 0 radical (unpaired) electrons. The molecule has 1 aliphatic carbocycles. The van der Waals surface area contributed by atoms with Crippen LogP contribution in [0.4, 0.5) is 11.4 Å². The minimum atomic E-state index is -1.01. The maximum absolute atomic E-state index is 11.9. The number of carbonyl (C=O) groups is 2. The summed E-state index contributed by atoms with van der Waals surface area (Å²) in [5.41, 5.74) is 1.46. The number of carbonyl (C=O) groups excluding carboxylic acids is 1. The largest absolute Gasteiger partial charge is 0.478 e. The molecule has 0 bridgehead atoms. The molecule has 0 aromatic heterocycles. The number of benzene rings is 1. The van der Waals surface area contributed by atoms with Crippen molar-refractivity contribution in [3.05, 3.63) is 23.8 Å². The van der Waals surface area contributed by atoms with Gasteiger partial charge in [0.1, 0.15) is 0 Å². The zero-order valence-corrected chi connectivity index (χ0v) is 13.4. The number of amides is 1. The normalized spacial score (nSPS) is 19.3. The number of hydrogen-bond donors (Lipinski definition) is 2. The van der Waals surface area contributed by atoms with Gasteiger partial charge in [0, 0.05) is 31.2 Å². The highest BCUT2D eigenvalue weighted by atomic mass is 16.4. The topological polar surface area (TPSA) is 72.9 Å². The van der Waals surface area contributed by atoms with E-state index in [-0.39, 0.29) is 17.4 Å². The second kappa shape index (κ2) is 6.58. The lowest BCUT2D eigenvalue weighted by Gasteiger charge is -2.24. The molecule has 1 saturated carbocycles. The van der Waals surface area contributed by atoms with E-state index in [1.165, 1.54) is 0 Å². The van der Waals surface area contributed by atoms with Crippen LogP contribution in [-0.4, -0.2) is 55.1 Å². The highest BCUT2D eigenvalue weighted by Gasteiger charge is 2.30. The van der Waals surface area contributed by atoms with Crippen LogP contribution in [-0.2, 0) is 4.79 Å². The van der Waals surface area contributed by atoms with Crippen molar-refractivity contribution in [3.8, 4) is 0 Å². The third kappa shape index (κ3) is 3.82. The van der Waals surface area contributed by atoms with Crippen molar-refractivity contribution in [1.82, 2.24) is 4.90 Å². The molecule has 6 nitrogen and oxygen atoms in total. The van der Waals surface area contributed by atoms with Gasteiger partial charge in [-0.25, -0.2) is 4.79 Å². The maximum Gasteiger partial charge on any atom is 0.337 e. The Hall–Kier alpha value is -2.08. The average Bonchev–Trinajstić information content (AvgIpc) is 3.35. The van der Waals surface area contributed by atoms with Crippen LogP contribution in [0.3, 0.4) is 0 Å². The molecule has 0 unspecified atom stereocenters. The van der Waals surface area contributed by atoms with Crippen LogP contribution in [0.1, 0.15) is 29.6 Å². The van der Waals surface area contributed by atoms with Crippen molar-refractivity contribution in [2.24, 2.45) is 5.92 Å². The molecular weight excluding hydrogens is 294 g/mol. The summed E-state index contributed by atoms with van der Waals surface area (Å²) in [6.07, 6.45) is 2.85. The van der Waals surface area contributed by atoms with E-state index in [0.29, 0.717) is 5.69 Å². The lowest BCUT2D eigenvalue weighted by Crippen LogP contribution is -2.29. The predicted octanol–water partition coefficient (Wildman–Crippen LogP) is 1.88. The number of rotatable bonds is 4. The number of aromatic carboxylic acids is 1. The molecule has 1 heterocycles. The average molecular weight is 317 g/mol. The maximum atomic E-state index is 11.9. The number of carboxylic acid groups (broad SMARTS) is 1. The van der Waals surface area contributed by atoms with Crippen LogP contribution in [0.2, 0.25) is 0 Å². The quantitative estimate of drug-likeness (QED) is 0.887. The Kier molecular flexibility index (Phi) is 4.52. The van der Waals surface area contributed by atoms with Gasteiger partial charge in [-0.05, 0) is 51.1 Å². The van der Waals surface area contributed by atoms with Gasteiger partial charge in [-0.2, -0.15) is 0 Å². The third-order valence-electron chi connectivity index (χ3n) is 4.52. The monoisotopic (exact) mass is 317 g/mol. The standard InChI is InChI=1S/C17H23N3O3/c1-19-7-2-8-20(10-9-19)13-5-6-15(14(11-13)17(22)23)18-16(21)12-3-4-12/h5-6,11-12H,2-4,7-10H2,1H3,(H,18,21)(H,22,23). The van der Waals surface area contributed by atoms with Crippen LogP contribution < -0.4 is 10.2 Å². The predicted molar refractivity (Wildman–Crippen MR) is 89.1 cm³/mol. The highest BCUT2D eigenvalue weighted by Crippen LogP contribution is 2.31. The molecule has 23 heavy (non-hydrogen) atoms. The molecule has 1 aliphatic heterocycles. The van der Waals surface area contributed by atoms with E-state index in [4.69, 9.17) is 0 Å². The molecule has 124 valence electrons. The Morgan fingerprint density at radius 3 is 2.65 bits per heavy atom. The molecule has 2 N–H and O–H groups in total. The Morgan fingerprint density at radius 1 is 1.17 bits per heavy atom. The van der Waals surface area contributed by atoms with Gasteiger partial charge in [-0.1, -0.05) is 0 Å². The minimum Gasteiger partial charge on any atom is -0.478 e. The molecule has 1 aromatic carbocycles. The fourth-order valence-corrected chi connectivity index (χ4v) is 2.90. The molecule has 6 heteroatoms.